The van der Waals surface area contributed by atoms with Gasteiger partial charge in [0.1, 0.15) is 15.5 Å². The Balaban J connectivity index is 2.56. The zero-order valence-corrected chi connectivity index (χ0v) is 15.9. The maximum atomic E-state index is 13.1. The van der Waals surface area contributed by atoms with E-state index in [-0.39, 0.29) is 32.9 Å². The molecule has 1 aromatic heterocycles. The first-order chi connectivity index (χ1) is 12.8. The van der Waals surface area contributed by atoms with E-state index in [0.717, 1.165) is 33.8 Å². The van der Waals surface area contributed by atoms with Gasteiger partial charge in [0.2, 0.25) is 0 Å². The molecule has 1 heterocycles. The number of hydrogen-bond acceptors (Lipinski definition) is 9. The molecule has 0 saturated carbocycles. The first kappa shape index (κ1) is 20.3. The highest BCUT2D eigenvalue weighted by Crippen LogP contribution is 2.34. The van der Waals surface area contributed by atoms with Crippen molar-refractivity contribution < 1.29 is 27.6 Å². The summed E-state index contributed by atoms with van der Waals surface area (Å²) in [5.41, 5.74) is -0.316. The fourth-order valence-electron chi connectivity index (χ4n) is 2.07. The van der Waals surface area contributed by atoms with Crippen molar-refractivity contribution in [3.05, 3.63) is 52.0 Å². The molecule has 0 aliphatic heterocycles. The third kappa shape index (κ3) is 4.06. The second-order valence-corrected chi connectivity index (χ2v) is 7.76. The average molecular weight is 413 g/mol. The first-order valence-electron chi connectivity index (χ1n) is 7.26. The second kappa shape index (κ2) is 8.14. The largest absolute Gasteiger partial charge is 0.495 e. The molecule has 0 N–H and O–H groups in total. The zero-order valence-electron chi connectivity index (χ0n) is 14.3. The molecule has 2 aromatic rings. The van der Waals surface area contributed by atoms with Crippen LogP contribution in [0.15, 0.2) is 41.9 Å². The van der Waals surface area contributed by atoms with Crippen LogP contribution in [0, 0.1) is 10.1 Å². The van der Waals surface area contributed by atoms with Gasteiger partial charge >= 0.3 is 5.97 Å². The number of nitrogens with zero attached hydrogens (tertiary/aromatic N) is 3. The van der Waals surface area contributed by atoms with E-state index in [1.807, 2.05) is 0 Å². The van der Waals surface area contributed by atoms with E-state index in [1.165, 1.54) is 26.5 Å². The fraction of sp³-hybridized carbons (Fsp3) is 0.200. The zero-order chi connectivity index (χ0) is 20.2. The Morgan fingerprint density at radius 1 is 1.44 bits per heavy atom. The summed E-state index contributed by atoms with van der Waals surface area (Å²) in [5.74, 6) is -0.842. The quantitative estimate of drug-likeness (QED) is 0.279. The van der Waals surface area contributed by atoms with Gasteiger partial charge in [0, 0.05) is 6.07 Å². The van der Waals surface area contributed by atoms with Gasteiger partial charge < -0.3 is 9.47 Å². The average Bonchev–Trinajstić information content (AvgIpc) is 3.14. The minimum Gasteiger partial charge on any atom is -0.495 e. The van der Waals surface area contributed by atoms with Crippen molar-refractivity contribution in [3.63, 3.8) is 0 Å². The highest BCUT2D eigenvalue weighted by atomic mass is 32.2. The predicted octanol–water partition coefficient (Wildman–Crippen LogP) is 2.23. The first-order valence-corrected chi connectivity index (χ1v) is 9.52. The van der Waals surface area contributed by atoms with Crippen molar-refractivity contribution in [2.75, 3.05) is 25.1 Å². The van der Waals surface area contributed by atoms with Crippen LogP contribution in [-0.4, -0.2) is 45.1 Å². The van der Waals surface area contributed by atoms with Gasteiger partial charge in [-0.15, -0.1) is 6.58 Å². The van der Waals surface area contributed by atoms with Gasteiger partial charge in [0.25, 0.3) is 15.7 Å². The van der Waals surface area contributed by atoms with Crippen LogP contribution in [0.1, 0.15) is 9.67 Å². The molecule has 0 radical (unpaired) electrons. The van der Waals surface area contributed by atoms with Gasteiger partial charge in [-0.1, -0.05) is 17.4 Å². The number of benzene rings is 1. The van der Waals surface area contributed by atoms with Gasteiger partial charge in [0.15, 0.2) is 5.13 Å². The van der Waals surface area contributed by atoms with E-state index in [0.29, 0.717) is 0 Å². The molecule has 0 aliphatic rings. The Labute approximate surface area is 158 Å². The number of hydrogen-bond donors (Lipinski definition) is 0. The number of esters is 1. The Morgan fingerprint density at radius 2 is 2.15 bits per heavy atom. The number of methoxy groups -OCH3 is 2. The SMILES string of the molecule is C=CCN(c1ncc(C(=O)OC)s1)S(=O)(=O)c1ccc([N+](=O)[O-])cc1OC. The lowest BCUT2D eigenvalue weighted by molar-refractivity contribution is -0.385. The van der Waals surface area contributed by atoms with Crippen molar-refractivity contribution >= 4 is 38.1 Å². The lowest BCUT2D eigenvalue weighted by Crippen LogP contribution is -2.31. The molecule has 0 fully saturated rings. The molecule has 0 aliphatic carbocycles. The second-order valence-electron chi connectivity index (χ2n) is 4.92. The Bertz CT molecular complexity index is 985. The van der Waals surface area contributed by atoms with Crippen LogP contribution >= 0.6 is 11.3 Å². The summed E-state index contributed by atoms with van der Waals surface area (Å²) in [6, 6.07) is 3.15. The van der Waals surface area contributed by atoms with E-state index in [2.05, 4.69) is 16.3 Å². The number of anilines is 1. The van der Waals surface area contributed by atoms with Crippen molar-refractivity contribution in [2.24, 2.45) is 0 Å². The number of carbonyl (C=O) groups is 1. The van der Waals surface area contributed by atoms with Crippen LogP contribution in [0.3, 0.4) is 0 Å². The van der Waals surface area contributed by atoms with Gasteiger partial charge in [-0.2, -0.15) is 0 Å². The number of ether oxygens (including phenoxy) is 2. The third-order valence-corrected chi connectivity index (χ3v) is 6.23. The fourth-order valence-corrected chi connectivity index (χ4v) is 4.66. The molecule has 0 unspecified atom stereocenters. The summed E-state index contributed by atoms with van der Waals surface area (Å²) in [6.45, 7) is 3.39. The van der Waals surface area contributed by atoms with Gasteiger partial charge in [-0.05, 0) is 6.07 Å². The lowest BCUT2D eigenvalue weighted by Gasteiger charge is -2.21. The summed E-state index contributed by atoms with van der Waals surface area (Å²) in [6.07, 6.45) is 2.54. The molecule has 27 heavy (non-hydrogen) atoms. The molecule has 2 rings (SSSR count). The summed E-state index contributed by atoms with van der Waals surface area (Å²) in [7, 11) is -1.81. The van der Waals surface area contributed by atoms with Crippen LogP contribution in [0.2, 0.25) is 0 Å². The van der Waals surface area contributed by atoms with Crippen LogP contribution in [-0.2, 0) is 14.8 Å². The number of thiazole rings is 1. The number of rotatable bonds is 8. The van der Waals surface area contributed by atoms with E-state index < -0.39 is 20.9 Å². The molecular weight excluding hydrogens is 398 g/mol. The summed E-state index contributed by atoms with van der Waals surface area (Å²) in [5, 5.41) is 10.9. The number of non-ortho nitro benzene ring substituents is 1. The molecule has 12 heteroatoms. The number of sulfonamides is 1. The van der Waals surface area contributed by atoms with E-state index in [4.69, 9.17) is 4.74 Å². The Morgan fingerprint density at radius 3 is 2.70 bits per heavy atom. The van der Waals surface area contributed by atoms with E-state index in [1.54, 1.807) is 0 Å². The predicted molar refractivity (Wildman–Crippen MR) is 97.8 cm³/mol. The number of carbonyl (C=O) groups excluding carboxylic acids is 1. The van der Waals surface area contributed by atoms with Crippen LogP contribution in [0.25, 0.3) is 0 Å². The molecule has 0 atom stereocenters. The molecule has 10 nitrogen and oxygen atoms in total. The number of nitro groups is 1. The summed E-state index contributed by atoms with van der Waals surface area (Å²) < 4.78 is 36.8. The molecule has 0 amide bonds. The molecule has 0 bridgehead atoms. The minimum atomic E-state index is -4.21. The normalized spacial score (nSPS) is 10.9. The minimum absolute atomic E-state index is 0.00991. The van der Waals surface area contributed by atoms with Crippen LogP contribution in [0.5, 0.6) is 5.75 Å². The maximum Gasteiger partial charge on any atom is 0.349 e. The smallest absolute Gasteiger partial charge is 0.349 e. The highest BCUT2D eigenvalue weighted by Gasteiger charge is 2.31. The third-order valence-electron chi connectivity index (χ3n) is 3.31. The maximum absolute atomic E-state index is 13.1. The highest BCUT2D eigenvalue weighted by molar-refractivity contribution is 7.93. The Hall–Kier alpha value is -2.99. The lowest BCUT2D eigenvalue weighted by atomic mass is 10.3. The molecule has 0 saturated heterocycles. The summed E-state index contributed by atoms with van der Waals surface area (Å²) in [4.78, 5) is 25.6. The molecule has 144 valence electrons. The van der Waals surface area contributed by atoms with Crippen molar-refractivity contribution in [3.8, 4) is 5.75 Å². The monoisotopic (exact) mass is 413 g/mol. The summed E-state index contributed by atoms with van der Waals surface area (Å²) >= 11 is 0.821. The molecular formula is C15H15N3O7S2. The van der Waals surface area contributed by atoms with E-state index >= 15 is 0 Å². The van der Waals surface area contributed by atoms with Crippen LogP contribution < -0.4 is 9.04 Å². The Kier molecular flexibility index (Phi) is 6.13. The standard InChI is InChI=1S/C15H15N3O7S2/c1-4-7-17(15-16-9-12(26-15)14(19)25-3)27(22,23)13-6-5-10(18(20)21)8-11(13)24-2/h4-6,8-9H,1,7H2,2-3H3. The molecule has 0 spiro atoms. The molecule has 1 aromatic carbocycles. The van der Waals surface area contributed by atoms with Crippen LogP contribution in [0.4, 0.5) is 10.8 Å². The van der Waals surface area contributed by atoms with Crippen molar-refractivity contribution in [2.45, 2.75) is 4.90 Å². The number of nitro benzene ring substituents is 1. The van der Waals surface area contributed by atoms with Crippen molar-refractivity contribution in [1.29, 1.82) is 0 Å². The topological polar surface area (TPSA) is 129 Å². The van der Waals surface area contributed by atoms with E-state index in [9.17, 15) is 23.3 Å². The van der Waals surface area contributed by atoms with Gasteiger partial charge in [-0.25, -0.2) is 22.5 Å². The van der Waals surface area contributed by atoms with Gasteiger partial charge in [0.05, 0.1) is 38.0 Å². The van der Waals surface area contributed by atoms with Crippen molar-refractivity contribution in [1.82, 2.24) is 4.98 Å². The number of aromatic nitrogens is 1. The van der Waals surface area contributed by atoms with Gasteiger partial charge in [-0.3, -0.25) is 10.1 Å².